The van der Waals surface area contributed by atoms with E-state index in [0.29, 0.717) is 12.5 Å². The molecule has 0 radical (unpaired) electrons. The third-order valence-corrected chi connectivity index (χ3v) is 6.05. The van der Waals surface area contributed by atoms with Gasteiger partial charge in [0, 0.05) is 25.6 Å². The smallest absolute Gasteiger partial charge is 0.119 e. The van der Waals surface area contributed by atoms with E-state index in [1.54, 1.807) is 0 Å². The van der Waals surface area contributed by atoms with Crippen LogP contribution in [0.3, 0.4) is 0 Å². The average Bonchev–Trinajstić information content (AvgIpc) is 2.82. The van der Waals surface area contributed by atoms with Crippen molar-refractivity contribution in [3.8, 4) is 17.6 Å². The van der Waals surface area contributed by atoms with Gasteiger partial charge in [-0.25, -0.2) is 0 Å². The van der Waals surface area contributed by atoms with Gasteiger partial charge in [0.2, 0.25) is 0 Å². The van der Waals surface area contributed by atoms with E-state index in [-0.39, 0.29) is 0 Å². The molecule has 1 aliphatic heterocycles. The van der Waals surface area contributed by atoms with Crippen molar-refractivity contribution >= 4 is 0 Å². The third-order valence-electron chi connectivity index (χ3n) is 6.05. The molecule has 4 rings (SSSR count). The average molecular weight is 410 g/mol. The van der Waals surface area contributed by atoms with E-state index in [1.165, 1.54) is 27.8 Å². The molecule has 0 aliphatic carbocycles. The van der Waals surface area contributed by atoms with Crippen LogP contribution in [0.2, 0.25) is 0 Å². The first-order valence-corrected chi connectivity index (χ1v) is 11.3. The van der Waals surface area contributed by atoms with Crippen molar-refractivity contribution in [1.29, 1.82) is 0 Å². The van der Waals surface area contributed by atoms with Crippen LogP contribution < -0.4 is 4.74 Å². The molecule has 0 N–H and O–H groups in total. The van der Waals surface area contributed by atoms with Gasteiger partial charge in [0.25, 0.3) is 0 Å². The maximum absolute atomic E-state index is 6.00. The first-order chi connectivity index (χ1) is 15.2. The molecule has 3 aromatic carbocycles. The van der Waals surface area contributed by atoms with Gasteiger partial charge >= 0.3 is 0 Å². The molecule has 3 aromatic rings. The number of rotatable bonds is 7. The summed E-state index contributed by atoms with van der Waals surface area (Å²) in [6.07, 6.45) is 2.17. The molecule has 158 valence electrons. The maximum Gasteiger partial charge on any atom is 0.119 e. The van der Waals surface area contributed by atoms with Crippen molar-refractivity contribution in [1.82, 2.24) is 4.90 Å². The van der Waals surface area contributed by atoms with Gasteiger partial charge in [-0.3, -0.25) is 4.90 Å². The normalized spacial score (nSPS) is 14.3. The molecule has 31 heavy (non-hydrogen) atoms. The fraction of sp³-hybridized carbons (Fsp3) is 0.310. The highest BCUT2D eigenvalue weighted by molar-refractivity contribution is 5.34. The minimum atomic E-state index is 0.306. The van der Waals surface area contributed by atoms with Gasteiger partial charge in [-0.05, 0) is 59.7 Å². The Hall–Kier alpha value is -3.02. The minimum Gasteiger partial charge on any atom is -0.489 e. The molecule has 0 aromatic heterocycles. The third kappa shape index (κ3) is 5.57. The van der Waals surface area contributed by atoms with E-state index < -0.39 is 0 Å². The molecule has 2 nitrogen and oxygen atoms in total. The van der Waals surface area contributed by atoms with Crippen molar-refractivity contribution < 1.29 is 4.74 Å². The van der Waals surface area contributed by atoms with Crippen LogP contribution in [0.25, 0.3) is 0 Å². The molecule has 0 saturated heterocycles. The highest BCUT2D eigenvalue weighted by atomic mass is 16.5. The summed E-state index contributed by atoms with van der Waals surface area (Å²) in [5.74, 6) is 7.51. The van der Waals surface area contributed by atoms with Crippen LogP contribution in [0.15, 0.2) is 72.8 Å². The molecule has 2 heteroatoms. The van der Waals surface area contributed by atoms with Crippen LogP contribution in [-0.2, 0) is 26.1 Å². The zero-order chi connectivity index (χ0) is 21.5. The molecule has 0 spiro atoms. The Morgan fingerprint density at radius 1 is 0.903 bits per heavy atom. The lowest BCUT2D eigenvalue weighted by molar-refractivity contribution is 0.245. The number of fused-ring (bicyclic) bond motifs is 1. The summed E-state index contributed by atoms with van der Waals surface area (Å²) in [6.45, 7) is 7.82. The minimum absolute atomic E-state index is 0.306. The van der Waals surface area contributed by atoms with E-state index in [0.717, 1.165) is 38.2 Å². The summed E-state index contributed by atoms with van der Waals surface area (Å²) < 4.78 is 6.00. The Kier molecular flexibility index (Phi) is 7.07. The summed E-state index contributed by atoms with van der Waals surface area (Å²) in [4.78, 5) is 2.53. The second-order valence-corrected chi connectivity index (χ2v) is 8.26. The summed E-state index contributed by atoms with van der Waals surface area (Å²) in [5, 5.41) is 0. The van der Waals surface area contributed by atoms with Gasteiger partial charge in [-0.15, -0.1) is 5.92 Å². The van der Waals surface area contributed by atoms with Crippen LogP contribution in [-0.4, -0.2) is 11.4 Å². The quantitative estimate of drug-likeness (QED) is 0.422. The fourth-order valence-electron chi connectivity index (χ4n) is 4.25. The first kappa shape index (κ1) is 21.2. The monoisotopic (exact) mass is 409 g/mol. The van der Waals surface area contributed by atoms with Gasteiger partial charge in [0.05, 0.1) is 0 Å². The zero-order valence-corrected chi connectivity index (χ0v) is 18.6. The van der Waals surface area contributed by atoms with Gasteiger partial charge in [-0.2, -0.15) is 0 Å². The van der Waals surface area contributed by atoms with Crippen LogP contribution in [0.4, 0.5) is 0 Å². The predicted octanol–water partition coefficient (Wildman–Crippen LogP) is 6.34. The van der Waals surface area contributed by atoms with Crippen LogP contribution in [0.1, 0.15) is 54.0 Å². The zero-order valence-electron chi connectivity index (χ0n) is 18.6. The molecule has 0 bridgehead atoms. The van der Waals surface area contributed by atoms with Crippen molar-refractivity contribution in [2.75, 3.05) is 6.54 Å². The highest BCUT2D eigenvalue weighted by Crippen LogP contribution is 2.23. The van der Waals surface area contributed by atoms with Crippen molar-refractivity contribution in [2.24, 2.45) is 0 Å². The molecular weight excluding hydrogens is 378 g/mol. The molecule has 0 unspecified atom stereocenters. The summed E-state index contributed by atoms with van der Waals surface area (Å²) in [6, 6.07) is 26.0. The molecular formula is C29H31NO. The maximum atomic E-state index is 6.00. The summed E-state index contributed by atoms with van der Waals surface area (Å²) >= 11 is 0. The molecule has 1 aliphatic rings. The molecule has 0 fully saturated rings. The van der Waals surface area contributed by atoms with Gasteiger partial charge in [0.1, 0.15) is 12.4 Å². The fourth-order valence-corrected chi connectivity index (χ4v) is 4.25. The predicted molar refractivity (Wildman–Crippen MR) is 128 cm³/mol. The Morgan fingerprint density at radius 3 is 2.32 bits per heavy atom. The standard InChI is InChI=1S/C29H31NO/c1-3-7-25(4-2)27-14-16-29(17-15-27)31-22-24-12-10-23(11-13-24)20-30-19-18-26-8-5-6-9-28(26)21-30/h5-6,8-17,25H,4,18-22H2,1-2H3/t25-/m1/s1. The highest BCUT2D eigenvalue weighted by Gasteiger charge is 2.15. The first-order valence-electron chi connectivity index (χ1n) is 11.3. The number of benzene rings is 3. The van der Waals surface area contributed by atoms with Crippen LogP contribution >= 0.6 is 0 Å². The van der Waals surface area contributed by atoms with E-state index in [4.69, 9.17) is 4.74 Å². The Bertz CT molecular complexity index is 1040. The number of hydrogen-bond acceptors (Lipinski definition) is 2. The van der Waals surface area contributed by atoms with Gasteiger partial charge in [0.15, 0.2) is 0 Å². The summed E-state index contributed by atoms with van der Waals surface area (Å²) in [5.41, 5.74) is 6.78. The Morgan fingerprint density at radius 2 is 1.61 bits per heavy atom. The number of hydrogen-bond donors (Lipinski definition) is 0. The van der Waals surface area contributed by atoms with Crippen molar-refractivity contribution in [3.63, 3.8) is 0 Å². The van der Waals surface area contributed by atoms with E-state index in [2.05, 4.69) is 96.5 Å². The van der Waals surface area contributed by atoms with Crippen LogP contribution in [0.5, 0.6) is 5.75 Å². The SMILES string of the molecule is CC#C[C@@H](CC)c1ccc(OCc2ccc(CN3CCc4ccccc4C3)cc2)cc1. The molecule has 1 atom stereocenters. The van der Waals surface area contributed by atoms with Gasteiger partial charge < -0.3 is 4.74 Å². The van der Waals surface area contributed by atoms with E-state index in [9.17, 15) is 0 Å². The lowest BCUT2D eigenvalue weighted by Gasteiger charge is -2.28. The van der Waals surface area contributed by atoms with Crippen LogP contribution in [0, 0.1) is 11.8 Å². The Labute approximate surface area is 186 Å². The summed E-state index contributed by atoms with van der Waals surface area (Å²) in [7, 11) is 0. The second-order valence-electron chi connectivity index (χ2n) is 8.26. The molecule has 0 saturated carbocycles. The number of nitrogens with zero attached hydrogens (tertiary/aromatic N) is 1. The molecule has 0 amide bonds. The van der Waals surface area contributed by atoms with E-state index >= 15 is 0 Å². The van der Waals surface area contributed by atoms with Crippen molar-refractivity contribution in [2.45, 2.75) is 52.3 Å². The lowest BCUT2D eigenvalue weighted by Crippen LogP contribution is -2.29. The van der Waals surface area contributed by atoms with Crippen molar-refractivity contribution in [3.05, 3.63) is 101 Å². The number of ether oxygens (including phenoxy) is 1. The van der Waals surface area contributed by atoms with Gasteiger partial charge in [-0.1, -0.05) is 73.5 Å². The lowest BCUT2D eigenvalue weighted by atomic mass is 9.97. The second kappa shape index (κ2) is 10.3. The van der Waals surface area contributed by atoms with E-state index in [1.807, 2.05) is 6.92 Å². The largest absolute Gasteiger partial charge is 0.489 e. The topological polar surface area (TPSA) is 12.5 Å². The Balaban J connectivity index is 1.29. The molecule has 1 heterocycles.